The number of nitrogens with zero attached hydrogens (tertiary/aromatic N) is 2. The normalized spacial score (nSPS) is 15.3. The van der Waals surface area contributed by atoms with Gasteiger partial charge < -0.3 is 10.0 Å². The van der Waals surface area contributed by atoms with E-state index in [4.69, 9.17) is 0 Å². The summed E-state index contributed by atoms with van der Waals surface area (Å²) in [6.07, 6.45) is 0.782. The first-order chi connectivity index (χ1) is 9.47. The molecule has 0 saturated carbocycles. The van der Waals surface area contributed by atoms with Crippen molar-refractivity contribution >= 4 is 48.7 Å². The number of carboxylic acids is 1. The first kappa shape index (κ1) is 14.0. The molecule has 1 aromatic heterocycles. The van der Waals surface area contributed by atoms with Crippen molar-refractivity contribution in [3.63, 3.8) is 0 Å². The molecule has 4 nitrogen and oxygen atoms in total. The van der Waals surface area contributed by atoms with Gasteiger partial charge in [0.05, 0.1) is 11.1 Å². The molecule has 2 heterocycles. The quantitative estimate of drug-likeness (QED) is 0.797. The average Bonchev–Trinajstić information content (AvgIpc) is 2.36. The Morgan fingerprint density at radius 1 is 1.40 bits per heavy atom. The summed E-state index contributed by atoms with van der Waals surface area (Å²) in [5.41, 5.74) is 2.83. The first-order valence-electron chi connectivity index (χ1n) is 6.19. The molecule has 0 fully saturated rings. The Hall–Kier alpha value is -0.980. The Kier molecular flexibility index (Phi) is 3.56. The van der Waals surface area contributed by atoms with Crippen LogP contribution in [0.5, 0.6) is 0 Å². The molecule has 0 amide bonds. The zero-order valence-electron chi connectivity index (χ0n) is 10.8. The SMILES string of the molecule is CN1CCc2nc3c(Br)cc(Br)cc3c(C(=O)O)c2C1. The van der Waals surface area contributed by atoms with E-state index in [1.54, 1.807) is 0 Å². The molecular formula is C14H12Br2N2O2. The van der Waals surface area contributed by atoms with Gasteiger partial charge in [0.1, 0.15) is 0 Å². The lowest BCUT2D eigenvalue weighted by Gasteiger charge is -2.26. The molecule has 0 saturated heterocycles. The van der Waals surface area contributed by atoms with Gasteiger partial charge in [-0.25, -0.2) is 4.79 Å². The standard InChI is InChI=1S/C14H12Br2N2O2/c1-18-3-2-11-9(6-18)12(14(19)20)8-4-7(15)5-10(16)13(8)17-11/h4-5H,2-3,6H2,1H3,(H,19,20). The summed E-state index contributed by atoms with van der Waals surface area (Å²) in [7, 11) is 2.00. The van der Waals surface area contributed by atoms with Crippen LogP contribution in [0.15, 0.2) is 21.1 Å². The lowest BCUT2D eigenvalue weighted by Crippen LogP contribution is -2.29. The molecule has 20 heavy (non-hydrogen) atoms. The highest BCUT2D eigenvalue weighted by Gasteiger charge is 2.25. The lowest BCUT2D eigenvalue weighted by atomic mass is 9.96. The van der Waals surface area contributed by atoms with Crippen molar-refractivity contribution < 1.29 is 9.90 Å². The molecule has 0 spiro atoms. The van der Waals surface area contributed by atoms with Crippen LogP contribution < -0.4 is 0 Å². The maximum atomic E-state index is 11.7. The molecule has 0 aliphatic carbocycles. The second-order valence-electron chi connectivity index (χ2n) is 4.99. The highest BCUT2D eigenvalue weighted by Crippen LogP contribution is 2.33. The molecule has 1 aromatic carbocycles. The van der Waals surface area contributed by atoms with Crippen molar-refractivity contribution in [1.29, 1.82) is 0 Å². The monoisotopic (exact) mass is 398 g/mol. The molecule has 6 heteroatoms. The van der Waals surface area contributed by atoms with Gasteiger partial charge in [0.15, 0.2) is 0 Å². The van der Waals surface area contributed by atoms with E-state index >= 15 is 0 Å². The van der Waals surface area contributed by atoms with Crippen molar-refractivity contribution in [2.45, 2.75) is 13.0 Å². The number of likely N-dealkylation sites (N-methyl/N-ethyl adjacent to an activating group) is 1. The van der Waals surface area contributed by atoms with Gasteiger partial charge in [-0.2, -0.15) is 0 Å². The molecule has 3 rings (SSSR count). The molecule has 104 valence electrons. The third kappa shape index (κ3) is 2.25. The van der Waals surface area contributed by atoms with Gasteiger partial charge in [0.2, 0.25) is 0 Å². The second-order valence-corrected chi connectivity index (χ2v) is 6.76. The molecular weight excluding hydrogens is 388 g/mol. The highest BCUT2D eigenvalue weighted by atomic mass is 79.9. The van der Waals surface area contributed by atoms with Crippen LogP contribution in [0.25, 0.3) is 10.9 Å². The van der Waals surface area contributed by atoms with E-state index in [0.717, 1.165) is 33.2 Å². The number of hydrogen-bond donors (Lipinski definition) is 1. The van der Waals surface area contributed by atoms with Gasteiger partial charge in [0.25, 0.3) is 0 Å². The van der Waals surface area contributed by atoms with Gasteiger partial charge in [-0.1, -0.05) is 15.9 Å². The van der Waals surface area contributed by atoms with E-state index in [2.05, 4.69) is 41.7 Å². The lowest BCUT2D eigenvalue weighted by molar-refractivity contribution is 0.0696. The Balaban J connectivity index is 2.42. The first-order valence-corrected chi connectivity index (χ1v) is 7.78. The summed E-state index contributed by atoms with van der Waals surface area (Å²) in [4.78, 5) is 18.5. The molecule has 0 atom stereocenters. The number of fused-ring (bicyclic) bond motifs is 2. The molecule has 0 unspecified atom stereocenters. The van der Waals surface area contributed by atoms with Crippen molar-refractivity contribution in [2.75, 3.05) is 13.6 Å². The van der Waals surface area contributed by atoms with Crippen molar-refractivity contribution in [1.82, 2.24) is 9.88 Å². The summed E-state index contributed by atoms with van der Waals surface area (Å²) >= 11 is 6.89. The fourth-order valence-electron chi connectivity index (χ4n) is 2.65. The molecule has 0 bridgehead atoms. The van der Waals surface area contributed by atoms with Gasteiger partial charge >= 0.3 is 5.97 Å². The van der Waals surface area contributed by atoms with E-state index in [1.165, 1.54) is 0 Å². The van der Waals surface area contributed by atoms with Crippen LogP contribution in [-0.2, 0) is 13.0 Å². The zero-order chi connectivity index (χ0) is 14.4. The van der Waals surface area contributed by atoms with Gasteiger partial charge in [-0.15, -0.1) is 0 Å². The molecule has 0 radical (unpaired) electrons. The van der Waals surface area contributed by atoms with Crippen LogP contribution in [-0.4, -0.2) is 34.6 Å². The van der Waals surface area contributed by atoms with Crippen molar-refractivity contribution in [3.05, 3.63) is 37.9 Å². The molecule has 1 aliphatic rings. The predicted octanol–water partition coefficient (Wildman–Crippen LogP) is 3.45. The van der Waals surface area contributed by atoms with Crippen molar-refractivity contribution in [2.24, 2.45) is 0 Å². The Bertz CT molecular complexity index is 731. The summed E-state index contributed by atoms with van der Waals surface area (Å²) in [6, 6.07) is 3.72. The maximum absolute atomic E-state index is 11.7. The summed E-state index contributed by atoms with van der Waals surface area (Å²) in [5, 5.41) is 10.3. The number of pyridine rings is 1. The van der Waals surface area contributed by atoms with Crippen LogP contribution >= 0.6 is 31.9 Å². The van der Waals surface area contributed by atoms with Crippen LogP contribution in [0.4, 0.5) is 0 Å². The van der Waals surface area contributed by atoms with Crippen molar-refractivity contribution in [3.8, 4) is 0 Å². The second kappa shape index (κ2) is 5.09. The minimum atomic E-state index is -0.894. The highest BCUT2D eigenvalue weighted by molar-refractivity contribution is 9.11. The zero-order valence-corrected chi connectivity index (χ0v) is 14.0. The smallest absolute Gasteiger partial charge is 0.336 e. The van der Waals surface area contributed by atoms with Gasteiger partial charge in [-0.3, -0.25) is 4.98 Å². The third-order valence-corrected chi connectivity index (χ3v) is 4.63. The molecule has 2 aromatic rings. The molecule has 1 N–H and O–H groups in total. The molecule has 1 aliphatic heterocycles. The maximum Gasteiger partial charge on any atom is 0.336 e. The number of rotatable bonds is 1. The van der Waals surface area contributed by atoms with Gasteiger partial charge in [-0.05, 0) is 35.1 Å². The number of aromatic nitrogens is 1. The Morgan fingerprint density at radius 3 is 2.85 bits per heavy atom. The van der Waals surface area contributed by atoms with Gasteiger partial charge in [0, 0.05) is 45.1 Å². The van der Waals surface area contributed by atoms with Crippen LogP contribution in [0.1, 0.15) is 21.6 Å². The van der Waals surface area contributed by atoms with Crippen LogP contribution in [0, 0.1) is 0 Å². The van der Waals surface area contributed by atoms with E-state index in [1.807, 2.05) is 19.2 Å². The summed E-state index contributed by atoms with van der Waals surface area (Å²) < 4.78 is 1.65. The predicted molar refractivity (Wildman–Crippen MR) is 84.1 cm³/mol. The number of carbonyl (C=O) groups is 1. The third-order valence-electron chi connectivity index (χ3n) is 3.57. The largest absolute Gasteiger partial charge is 0.478 e. The minimum Gasteiger partial charge on any atom is -0.478 e. The van der Waals surface area contributed by atoms with Crippen LogP contribution in [0.3, 0.4) is 0 Å². The van der Waals surface area contributed by atoms with E-state index < -0.39 is 5.97 Å². The van der Waals surface area contributed by atoms with E-state index in [9.17, 15) is 9.90 Å². The number of carboxylic acid groups (broad SMARTS) is 1. The summed E-state index contributed by atoms with van der Waals surface area (Å²) in [6.45, 7) is 1.53. The topological polar surface area (TPSA) is 53.4 Å². The Labute approximate surface area is 133 Å². The fourth-order valence-corrected chi connectivity index (χ4v) is 3.96. The summed E-state index contributed by atoms with van der Waals surface area (Å²) in [5.74, 6) is -0.894. The van der Waals surface area contributed by atoms with E-state index in [-0.39, 0.29) is 0 Å². The Morgan fingerprint density at radius 2 is 2.15 bits per heavy atom. The van der Waals surface area contributed by atoms with Crippen LogP contribution in [0.2, 0.25) is 0 Å². The fraction of sp³-hybridized carbons (Fsp3) is 0.286. The number of aromatic carboxylic acids is 1. The number of halogens is 2. The average molecular weight is 400 g/mol. The minimum absolute atomic E-state index is 0.374. The number of benzene rings is 1. The number of hydrogen-bond acceptors (Lipinski definition) is 3. The van der Waals surface area contributed by atoms with E-state index in [0.29, 0.717) is 23.0 Å².